The van der Waals surface area contributed by atoms with Gasteiger partial charge in [-0.1, -0.05) is 13.3 Å². The lowest BCUT2D eigenvalue weighted by Crippen LogP contribution is -2.38. The molecule has 0 bridgehead atoms. The largest absolute Gasteiger partial charge is 0.393 e. The van der Waals surface area contributed by atoms with E-state index in [-0.39, 0.29) is 18.1 Å². The standard InChI is InChI=1S/C22H38N6O3/c1-2-3-9-24-22-25-16-19(20(27-22)26-17-5-7-18(29)8-6-17)21(30)23-10-4-11-28-12-14-31-15-13-28/h16-18,29H,2-15H2,1H3,(H,23,30)(H2,24,25,26,27)/t17-,18-. The summed E-state index contributed by atoms with van der Waals surface area (Å²) >= 11 is 0. The lowest BCUT2D eigenvalue weighted by atomic mass is 9.93. The first-order chi connectivity index (χ1) is 15.2. The number of unbranched alkanes of at least 4 members (excludes halogenated alkanes) is 1. The number of morpholine rings is 1. The number of carbonyl (C=O) groups is 1. The van der Waals surface area contributed by atoms with Gasteiger partial charge in [0.1, 0.15) is 11.4 Å². The Hall–Kier alpha value is -1.97. The SMILES string of the molecule is CCCCNc1ncc(C(=O)NCCCN2CCOCC2)c(N[C@H]2CC[C@H](O)CC2)n1. The highest BCUT2D eigenvalue weighted by molar-refractivity contribution is 5.98. The molecule has 0 atom stereocenters. The molecule has 9 nitrogen and oxygen atoms in total. The molecule has 1 aromatic heterocycles. The number of carbonyl (C=O) groups excluding carboxylic acids is 1. The van der Waals surface area contributed by atoms with Gasteiger partial charge >= 0.3 is 0 Å². The zero-order valence-corrected chi connectivity index (χ0v) is 18.7. The molecule has 3 rings (SSSR count). The van der Waals surface area contributed by atoms with E-state index in [4.69, 9.17) is 4.74 Å². The van der Waals surface area contributed by atoms with Gasteiger partial charge in [-0.2, -0.15) is 4.98 Å². The van der Waals surface area contributed by atoms with Crippen molar-refractivity contribution in [3.05, 3.63) is 11.8 Å². The molecule has 0 radical (unpaired) electrons. The van der Waals surface area contributed by atoms with Crippen LogP contribution in [-0.4, -0.2) is 84.0 Å². The van der Waals surface area contributed by atoms with Crippen molar-refractivity contribution in [3.8, 4) is 0 Å². The highest BCUT2D eigenvalue weighted by Gasteiger charge is 2.22. The quantitative estimate of drug-likeness (QED) is 0.391. The van der Waals surface area contributed by atoms with Gasteiger partial charge in [0, 0.05) is 38.4 Å². The van der Waals surface area contributed by atoms with Gasteiger partial charge in [-0.3, -0.25) is 9.69 Å². The third-order valence-corrected chi connectivity index (χ3v) is 5.92. The summed E-state index contributed by atoms with van der Waals surface area (Å²) in [7, 11) is 0. The van der Waals surface area contributed by atoms with Crippen molar-refractivity contribution in [2.24, 2.45) is 0 Å². The van der Waals surface area contributed by atoms with E-state index in [1.54, 1.807) is 6.20 Å². The van der Waals surface area contributed by atoms with E-state index in [0.717, 1.165) is 84.3 Å². The van der Waals surface area contributed by atoms with Crippen molar-refractivity contribution in [3.63, 3.8) is 0 Å². The molecule has 2 fully saturated rings. The average molecular weight is 435 g/mol. The number of hydrogen-bond acceptors (Lipinski definition) is 8. The predicted octanol–water partition coefficient (Wildman–Crippen LogP) is 1.86. The molecule has 174 valence electrons. The number of aromatic nitrogens is 2. The number of ether oxygens (including phenoxy) is 1. The van der Waals surface area contributed by atoms with Crippen molar-refractivity contribution >= 4 is 17.7 Å². The van der Waals surface area contributed by atoms with Crippen molar-refractivity contribution in [2.75, 3.05) is 56.6 Å². The van der Waals surface area contributed by atoms with Crippen LogP contribution in [0.15, 0.2) is 6.20 Å². The van der Waals surface area contributed by atoms with Crippen LogP contribution in [-0.2, 0) is 4.74 Å². The Bertz CT molecular complexity index is 675. The first-order valence-corrected chi connectivity index (χ1v) is 11.8. The van der Waals surface area contributed by atoms with Crippen LogP contribution in [0.5, 0.6) is 0 Å². The molecule has 0 spiro atoms. The van der Waals surface area contributed by atoms with Crippen molar-refractivity contribution in [2.45, 2.75) is 64.0 Å². The van der Waals surface area contributed by atoms with Crippen LogP contribution in [0.2, 0.25) is 0 Å². The molecular formula is C22H38N6O3. The summed E-state index contributed by atoms with van der Waals surface area (Å²) in [6, 6.07) is 0.203. The molecule has 1 amide bonds. The Labute approximate surface area is 185 Å². The molecule has 1 aromatic rings. The third kappa shape index (κ3) is 7.90. The smallest absolute Gasteiger partial charge is 0.256 e. The minimum absolute atomic E-state index is 0.152. The zero-order valence-electron chi connectivity index (χ0n) is 18.7. The number of amides is 1. The topological polar surface area (TPSA) is 112 Å². The monoisotopic (exact) mass is 434 g/mol. The Morgan fingerprint density at radius 2 is 1.97 bits per heavy atom. The Morgan fingerprint density at radius 3 is 2.71 bits per heavy atom. The molecule has 1 aliphatic heterocycles. The van der Waals surface area contributed by atoms with Crippen molar-refractivity contribution in [1.82, 2.24) is 20.2 Å². The molecule has 2 aliphatic rings. The second kappa shape index (κ2) is 12.8. The highest BCUT2D eigenvalue weighted by Crippen LogP contribution is 2.23. The van der Waals surface area contributed by atoms with E-state index in [2.05, 4.69) is 37.7 Å². The van der Waals surface area contributed by atoms with Crippen LogP contribution in [0.3, 0.4) is 0 Å². The van der Waals surface area contributed by atoms with Gasteiger partial charge in [0.2, 0.25) is 5.95 Å². The first kappa shape index (κ1) is 23.7. The maximum absolute atomic E-state index is 12.9. The minimum Gasteiger partial charge on any atom is -0.393 e. The molecule has 9 heteroatoms. The van der Waals surface area contributed by atoms with Crippen LogP contribution in [0.4, 0.5) is 11.8 Å². The van der Waals surface area contributed by atoms with E-state index in [1.807, 2.05) is 0 Å². The Balaban J connectivity index is 1.57. The average Bonchev–Trinajstić information content (AvgIpc) is 2.79. The second-order valence-corrected chi connectivity index (χ2v) is 8.45. The van der Waals surface area contributed by atoms with Crippen molar-refractivity contribution in [1.29, 1.82) is 0 Å². The van der Waals surface area contributed by atoms with Gasteiger partial charge in [-0.15, -0.1) is 0 Å². The second-order valence-electron chi connectivity index (χ2n) is 8.45. The lowest BCUT2D eigenvalue weighted by Gasteiger charge is -2.27. The number of nitrogens with zero attached hydrogens (tertiary/aromatic N) is 3. The Kier molecular flexibility index (Phi) is 9.77. The zero-order chi connectivity index (χ0) is 21.9. The molecule has 1 saturated carbocycles. The molecule has 31 heavy (non-hydrogen) atoms. The lowest BCUT2D eigenvalue weighted by molar-refractivity contribution is 0.0374. The number of hydrogen-bond donors (Lipinski definition) is 4. The molecule has 0 unspecified atom stereocenters. The summed E-state index contributed by atoms with van der Waals surface area (Å²) in [4.78, 5) is 24.2. The molecular weight excluding hydrogens is 396 g/mol. The predicted molar refractivity (Wildman–Crippen MR) is 122 cm³/mol. The summed E-state index contributed by atoms with van der Waals surface area (Å²) in [5.41, 5.74) is 0.471. The van der Waals surface area contributed by atoms with E-state index in [0.29, 0.717) is 23.9 Å². The van der Waals surface area contributed by atoms with E-state index in [1.165, 1.54) is 0 Å². The molecule has 1 aliphatic carbocycles. The minimum atomic E-state index is -0.219. The van der Waals surface area contributed by atoms with Crippen LogP contribution in [0.25, 0.3) is 0 Å². The van der Waals surface area contributed by atoms with Gasteiger partial charge in [0.15, 0.2) is 0 Å². The number of rotatable bonds is 11. The fourth-order valence-electron chi connectivity index (χ4n) is 3.96. The highest BCUT2D eigenvalue weighted by atomic mass is 16.5. The van der Waals surface area contributed by atoms with E-state index >= 15 is 0 Å². The van der Waals surface area contributed by atoms with Gasteiger partial charge in [0.25, 0.3) is 5.91 Å². The molecule has 0 aromatic carbocycles. The molecule has 2 heterocycles. The van der Waals surface area contributed by atoms with Crippen LogP contribution in [0.1, 0.15) is 62.2 Å². The fourth-order valence-corrected chi connectivity index (χ4v) is 3.96. The van der Waals surface area contributed by atoms with Crippen LogP contribution in [0, 0.1) is 0 Å². The third-order valence-electron chi connectivity index (χ3n) is 5.92. The van der Waals surface area contributed by atoms with Crippen LogP contribution < -0.4 is 16.0 Å². The number of anilines is 2. The van der Waals surface area contributed by atoms with Crippen molar-refractivity contribution < 1.29 is 14.6 Å². The maximum atomic E-state index is 12.9. The van der Waals surface area contributed by atoms with Crippen LogP contribution >= 0.6 is 0 Å². The fraction of sp³-hybridized carbons (Fsp3) is 0.773. The number of aliphatic hydroxyl groups excluding tert-OH is 1. The summed E-state index contributed by atoms with van der Waals surface area (Å²) in [6.45, 7) is 8.00. The summed E-state index contributed by atoms with van der Waals surface area (Å²) in [5.74, 6) is 0.956. The first-order valence-electron chi connectivity index (χ1n) is 11.8. The summed E-state index contributed by atoms with van der Waals surface area (Å²) in [5, 5.41) is 19.5. The maximum Gasteiger partial charge on any atom is 0.256 e. The van der Waals surface area contributed by atoms with Gasteiger partial charge < -0.3 is 25.8 Å². The molecule has 4 N–H and O–H groups in total. The summed E-state index contributed by atoms with van der Waals surface area (Å²) < 4.78 is 5.37. The normalized spacial score (nSPS) is 22.1. The number of nitrogens with one attached hydrogen (secondary N) is 3. The molecule has 1 saturated heterocycles. The number of aliphatic hydroxyl groups is 1. The van der Waals surface area contributed by atoms with Gasteiger partial charge in [-0.05, 0) is 45.1 Å². The summed E-state index contributed by atoms with van der Waals surface area (Å²) in [6.07, 6.45) is 7.69. The van der Waals surface area contributed by atoms with Gasteiger partial charge in [0.05, 0.1) is 19.3 Å². The van der Waals surface area contributed by atoms with E-state index < -0.39 is 0 Å². The van der Waals surface area contributed by atoms with E-state index in [9.17, 15) is 9.90 Å². The Morgan fingerprint density at radius 1 is 1.19 bits per heavy atom. The van der Waals surface area contributed by atoms with Gasteiger partial charge in [-0.25, -0.2) is 4.98 Å².